The molecule has 4 rings (SSSR count). The minimum Gasteiger partial charge on any atom is -0.351 e. The SMILES string of the molecule is O=C(NCc1cccc(F)c1)[C@H](C1CCCC1)N1CCN(C(=O)c2ccc(Cl)cc2Cl)CC1. The average Bonchev–Trinajstić information content (AvgIpc) is 3.32. The zero-order valence-corrected chi connectivity index (χ0v) is 19.9. The molecule has 1 N–H and O–H groups in total. The third kappa shape index (κ3) is 5.86. The molecule has 2 amide bonds. The van der Waals surface area contributed by atoms with E-state index in [2.05, 4.69) is 10.2 Å². The van der Waals surface area contributed by atoms with Crippen molar-refractivity contribution in [2.24, 2.45) is 5.92 Å². The minimum atomic E-state index is -0.310. The maximum atomic E-state index is 13.5. The predicted octanol–water partition coefficient (Wildman–Crippen LogP) is 4.77. The molecule has 2 aromatic carbocycles. The highest BCUT2D eigenvalue weighted by Gasteiger charge is 2.37. The molecule has 1 saturated heterocycles. The van der Waals surface area contributed by atoms with Gasteiger partial charge in [0, 0.05) is 37.7 Å². The van der Waals surface area contributed by atoms with Gasteiger partial charge < -0.3 is 10.2 Å². The van der Waals surface area contributed by atoms with E-state index in [4.69, 9.17) is 23.2 Å². The molecule has 0 spiro atoms. The van der Waals surface area contributed by atoms with Gasteiger partial charge in [-0.15, -0.1) is 0 Å². The summed E-state index contributed by atoms with van der Waals surface area (Å²) in [6.45, 7) is 2.58. The number of carbonyl (C=O) groups is 2. The summed E-state index contributed by atoms with van der Waals surface area (Å²) in [5.74, 6) is -0.155. The van der Waals surface area contributed by atoms with E-state index >= 15 is 0 Å². The molecule has 2 fully saturated rings. The highest BCUT2D eigenvalue weighted by atomic mass is 35.5. The zero-order chi connectivity index (χ0) is 23.4. The highest BCUT2D eigenvalue weighted by Crippen LogP contribution is 2.31. The lowest BCUT2D eigenvalue weighted by atomic mass is 9.94. The van der Waals surface area contributed by atoms with Crippen molar-refractivity contribution >= 4 is 35.0 Å². The molecule has 0 unspecified atom stereocenters. The molecule has 2 aromatic rings. The van der Waals surface area contributed by atoms with Crippen molar-refractivity contribution in [3.63, 3.8) is 0 Å². The summed E-state index contributed by atoms with van der Waals surface area (Å²) in [6.07, 6.45) is 4.31. The fourth-order valence-electron chi connectivity index (χ4n) is 4.93. The summed E-state index contributed by atoms with van der Waals surface area (Å²) in [5.41, 5.74) is 1.18. The zero-order valence-electron chi connectivity index (χ0n) is 18.4. The molecule has 176 valence electrons. The van der Waals surface area contributed by atoms with Crippen molar-refractivity contribution in [3.05, 3.63) is 69.5 Å². The second-order valence-corrected chi connectivity index (χ2v) is 9.63. The topological polar surface area (TPSA) is 52.7 Å². The number of nitrogens with zero attached hydrogens (tertiary/aromatic N) is 2. The Morgan fingerprint density at radius 1 is 1.03 bits per heavy atom. The van der Waals surface area contributed by atoms with Crippen LogP contribution in [0.15, 0.2) is 42.5 Å². The van der Waals surface area contributed by atoms with Crippen molar-refractivity contribution < 1.29 is 14.0 Å². The number of rotatable bonds is 6. The Hall–Kier alpha value is -2.15. The Labute approximate surface area is 203 Å². The quantitative estimate of drug-likeness (QED) is 0.633. The molecule has 1 aliphatic heterocycles. The van der Waals surface area contributed by atoms with Crippen LogP contribution in [0.2, 0.25) is 10.0 Å². The van der Waals surface area contributed by atoms with Crippen LogP contribution in [0.5, 0.6) is 0 Å². The van der Waals surface area contributed by atoms with Gasteiger partial charge in [-0.1, -0.05) is 48.2 Å². The maximum Gasteiger partial charge on any atom is 0.255 e. The number of benzene rings is 2. The molecule has 1 aliphatic carbocycles. The van der Waals surface area contributed by atoms with Gasteiger partial charge >= 0.3 is 0 Å². The van der Waals surface area contributed by atoms with E-state index in [1.807, 2.05) is 0 Å². The van der Waals surface area contributed by atoms with Gasteiger partial charge in [0.15, 0.2) is 0 Å². The Bertz CT molecular complexity index is 1000. The van der Waals surface area contributed by atoms with Gasteiger partial charge in [0.05, 0.1) is 16.6 Å². The summed E-state index contributed by atoms with van der Waals surface area (Å²) in [5, 5.41) is 3.85. The number of amides is 2. The normalized spacial score (nSPS) is 18.3. The first-order valence-corrected chi connectivity index (χ1v) is 12.2. The van der Waals surface area contributed by atoms with Gasteiger partial charge in [-0.2, -0.15) is 0 Å². The van der Waals surface area contributed by atoms with Gasteiger partial charge in [0.2, 0.25) is 5.91 Å². The van der Waals surface area contributed by atoms with Crippen LogP contribution < -0.4 is 5.32 Å². The smallest absolute Gasteiger partial charge is 0.255 e. The molecule has 33 heavy (non-hydrogen) atoms. The molecule has 1 atom stereocenters. The van der Waals surface area contributed by atoms with E-state index in [0.717, 1.165) is 31.2 Å². The van der Waals surface area contributed by atoms with Crippen LogP contribution in [0.25, 0.3) is 0 Å². The molecule has 5 nitrogen and oxygen atoms in total. The van der Waals surface area contributed by atoms with E-state index in [1.54, 1.807) is 35.2 Å². The number of hydrogen-bond donors (Lipinski definition) is 1. The molecular formula is C25H28Cl2FN3O2. The van der Waals surface area contributed by atoms with Crippen molar-refractivity contribution in [1.82, 2.24) is 15.1 Å². The number of nitrogens with one attached hydrogen (secondary N) is 1. The van der Waals surface area contributed by atoms with Gasteiger partial charge in [-0.05, 0) is 54.7 Å². The Morgan fingerprint density at radius 2 is 1.76 bits per heavy atom. The number of hydrogen-bond acceptors (Lipinski definition) is 3. The number of carbonyl (C=O) groups excluding carboxylic acids is 2. The van der Waals surface area contributed by atoms with Crippen LogP contribution in [-0.4, -0.2) is 53.8 Å². The molecule has 0 aromatic heterocycles. The van der Waals surface area contributed by atoms with Crippen LogP contribution in [0.3, 0.4) is 0 Å². The van der Waals surface area contributed by atoms with Crippen LogP contribution in [0.4, 0.5) is 4.39 Å². The van der Waals surface area contributed by atoms with Gasteiger partial charge in [0.25, 0.3) is 5.91 Å². The van der Waals surface area contributed by atoms with E-state index in [-0.39, 0.29) is 23.7 Å². The molecule has 2 aliphatic rings. The first kappa shape index (κ1) is 24.0. The monoisotopic (exact) mass is 491 g/mol. The highest BCUT2D eigenvalue weighted by molar-refractivity contribution is 6.36. The van der Waals surface area contributed by atoms with Crippen LogP contribution >= 0.6 is 23.2 Å². The summed E-state index contributed by atoms with van der Waals surface area (Å²) in [4.78, 5) is 30.2. The predicted molar refractivity (Wildman–Crippen MR) is 128 cm³/mol. The van der Waals surface area contributed by atoms with E-state index in [0.29, 0.717) is 54.3 Å². The Kier molecular flexibility index (Phi) is 7.89. The Morgan fingerprint density at radius 3 is 2.42 bits per heavy atom. The summed E-state index contributed by atoms with van der Waals surface area (Å²) in [6, 6.07) is 10.9. The Balaban J connectivity index is 1.40. The molecule has 0 bridgehead atoms. The second-order valence-electron chi connectivity index (χ2n) is 8.79. The van der Waals surface area contributed by atoms with Crippen molar-refractivity contribution in [2.45, 2.75) is 38.3 Å². The van der Waals surface area contributed by atoms with Crippen molar-refractivity contribution in [2.75, 3.05) is 26.2 Å². The van der Waals surface area contributed by atoms with Gasteiger partial charge in [-0.3, -0.25) is 14.5 Å². The van der Waals surface area contributed by atoms with E-state index in [1.165, 1.54) is 12.1 Å². The standard InChI is InChI=1S/C25H28Cl2FN3O2/c26-19-8-9-21(22(27)15-19)25(33)31-12-10-30(11-13-31)23(18-5-1-2-6-18)24(32)29-16-17-4-3-7-20(28)14-17/h3-4,7-9,14-15,18,23H,1-2,5-6,10-13,16H2,(H,29,32)/t23-/m0/s1. The third-order valence-corrected chi connectivity index (χ3v) is 7.17. The maximum absolute atomic E-state index is 13.5. The van der Waals surface area contributed by atoms with Gasteiger partial charge in [-0.25, -0.2) is 4.39 Å². The largest absolute Gasteiger partial charge is 0.351 e. The van der Waals surface area contributed by atoms with Gasteiger partial charge in [0.1, 0.15) is 5.82 Å². The molecule has 1 heterocycles. The lowest BCUT2D eigenvalue weighted by Gasteiger charge is -2.40. The summed E-state index contributed by atoms with van der Waals surface area (Å²) >= 11 is 12.2. The fourth-order valence-corrected chi connectivity index (χ4v) is 5.42. The second kappa shape index (κ2) is 10.9. The lowest BCUT2D eigenvalue weighted by molar-refractivity contribution is -0.129. The summed E-state index contributed by atoms with van der Waals surface area (Å²) < 4.78 is 13.5. The first-order valence-electron chi connectivity index (χ1n) is 11.4. The van der Waals surface area contributed by atoms with Crippen LogP contribution in [0.1, 0.15) is 41.6 Å². The van der Waals surface area contributed by atoms with E-state index in [9.17, 15) is 14.0 Å². The minimum absolute atomic E-state index is 0.0216. The molecule has 8 heteroatoms. The van der Waals surface area contributed by atoms with Crippen LogP contribution in [0, 0.1) is 11.7 Å². The lowest BCUT2D eigenvalue weighted by Crippen LogP contribution is -2.57. The van der Waals surface area contributed by atoms with Crippen LogP contribution in [-0.2, 0) is 11.3 Å². The van der Waals surface area contributed by atoms with Crippen molar-refractivity contribution in [1.29, 1.82) is 0 Å². The number of halogens is 3. The average molecular weight is 492 g/mol. The number of piperazine rings is 1. The molecular weight excluding hydrogens is 464 g/mol. The molecule has 1 saturated carbocycles. The van der Waals surface area contributed by atoms with Crippen molar-refractivity contribution in [3.8, 4) is 0 Å². The first-order chi connectivity index (χ1) is 15.9. The fraction of sp³-hybridized carbons (Fsp3) is 0.440. The van der Waals surface area contributed by atoms with E-state index < -0.39 is 0 Å². The third-order valence-electron chi connectivity index (χ3n) is 6.63. The molecule has 0 radical (unpaired) electrons. The summed E-state index contributed by atoms with van der Waals surface area (Å²) in [7, 11) is 0.